The molecular weight excluding hydrogens is 266 g/mol. The average molecular weight is 289 g/mol. The van der Waals surface area contributed by atoms with E-state index in [1.807, 2.05) is 44.2 Å². The summed E-state index contributed by atoms with van der Waals surface area (Å²) in [6, 6.07) is 9.56. The molecule has 0 bridgehead atoms. The van der Waals surface area contributed by atoms with Gasteiger partial charge in [0.25, 0.3) is 0 Å². The average Bonchev–Trinajstić information content (AvgIpc) is 2.90. The third kappa shape index (κ3) is 3.27. The number of carbonyl (C=O) groups is 1. The van der Waals surface area contributed by atoms with Gasteiger partial charge in [-0.15, -0.1) is 6.58 Å². The minimum absolute atomic E-state index is 0.249. The Morgan fingerprint density at radius 3 is 2.76 bits per heavy atom. The normalized spacial score (nSPS) is 22.1. The van der Waals surface area contributed by atoms with Crippen LogP contribution in [0.5, 0.6) is 0 Å². The Balaban J connectivity index is 1.92. The molecule has 1 atom stereocenters. The molecule has 0 radical (unpaired) electrons. The maximum absolute atomic E-state index is 12.1. The fourth-order valence-electron chi connectivity index (χ4n) is 2.48. The molecule has 1 heterocycles. The number of rotatable bonds is 4. The molecule has 0 saturated carbocycles. The molecule has 0 aromatic heterocycles. The molecule has 114 valence electrons. The highest BCUT2D eigenvalue weighted by molar-refractivity contribution is 5.68. The van der Waals surface area contributed by atoms with E-state index >= 15 is 0 Å². The van der Waals surface area contributed by atoms with Crippen LogP contribution in [0.25, 0.3) is 0 Å². The lowest BCUT2D eigenvalue weighted by Gasteiger charge is -2.37. The van der Waals surface area contributed by atoms with E-state index in [1.165, 1.54) is 0 Å². The van der Waals surface area contributed by atoms with Gasteiger partial charge in [0.2, 0.25) is 0 Å². The van der Waals surface area contributed by atoms with Gasteiger partial charge in [-0.25, -0.2) is 4.79 Å². The zero-order valence-corrected chi connectivity index (χ0v) is 12.7. The number of hydrogen-bond acceptors (Lipinski definition) is 3. The van der Waals surface area contributed by atoms with Gasteiger partial charge in [-0.2, -0.15) is 0 Å². The summed E-state index contributed by atoms with van der Waals surface area (Å²) in [5.74, 6) is 0. The summed E-state index contributed by atoms with van der Waals surface area (Å²) in [5.41, 5.74) is -0.436. The SMILES string of the molecule is C=CC(C)(C)C1(O)CCN(C(=O)OCc2ccccc2)C1. The van der Waals surface area contributed by atoms with Gasteiger partial charge < -0.3 is 14.7 Å². The van der Waals surface area contributed by atoms with E-state index in [2.05, 4.69) is 6.58 Å². The van der Waals surface area contributed by atoms with Crippen LogP contribution in [0.3, 0.4) is 0 Å². The van der Waals surface area contributed by atoms with Crippen LogP contribution < -0.4 is 0 Å². The van der Waals surface area contributed by atoms with Gasteiger partial charge in [0.05, 0.1) is 12.1 Å². The predicted molar refractivity (Wildman–Crippen MR) is 81.7 cm³/mol. The third-order valence-corrected chi connectivity index (χ3v) is 4.42. The maximum Gasteiger partial charge on any atom is 0.410 e. The highest BCUT2D eigenvalue weighted by Crippen LogP contribution is 2.39. The van der Waals surface area contributed by atoms with Crippen LogP contribution in [0.1, 0.15) is 25.8 Å². The van der Waals surface area contributed by atoms with E-state index < -0.39 is 11.0 Å². The first kappa shape index (κ1) is 15.6. The standard InChI is InChI=1S/C17H23NO3/c1-4-16(2,3)17(20)10-11-18(13-17)15(19)21-12-14-8-6-5-7-9-14/h4-9,20H,1,10-13H2,2-3H3. The summed E-state index contributed by atoms with van der Waals surface area (Å²) >= 11 is 0. The van der Waals surface area contributed by atoms with Crippen LogP contribution in [0.15, 0.2) is 43.0 Å². The molecule has 1 saturated heterocycles. The van der Waals surface area contributed by atoms with Crippen LogP contribution in [0.4, 0.5) is 4.79 Å². The second-order valence-corrected chi connectivity index (χ2v) is 6.17. The van der Waals surface area contributed by atoms with Crippen molar-refractivity contribution in [1.82, 2.24) is 4.90 Å². The lowest BCUT2D eigenvalue weighted by atomic mass is 9.74. The number of amides is 1. The van der Waals surface area contributed by atoms with Crippen molar-refractivity contribution in [2.75, 3.05) is 13.1 Å². The number of nitrogens with zero attached hydrogens (tertiary/aromatic N) is 1. The van der Waals surface area contributed by atoms with Crippen molar-refractivity contribution in [3.05, 3.63) is 48.6 Å². The van der Waals surface area contributed by atoms with Crippen LogP contribution in [-0.2, 0) is 11.3 Å². The molecule has 1 N–H and O–H groups in total. The fourth-order valence-corrected chi connectivity index (χ4v) is 2.48. The second kappa shape index (κ2) is 5.90. The van der Waals surface area contributed by atoms with Gasteiger partial charge in [-0.1, -0.05) is 50.3 Å². The predicted octanol–water partition coefficient (Wildman–Crippen LogP) is 2.97. The van der Waals surface area contributed by atoms with E-state index in [0.29, 0.717) is 13.0 Å². The summed E-state index contributed by atoms with van der Waals surface area (Å²) in [7, 11) is 0. The van der Waals surface area contributed by atoms with Crippen LogP contribution in [-0.4, -0.2) is 34.8 Å². The summed E-state index contributed by atoms with van der Waals surface area (Å²) in [6.07, 6.45) is 1.90. The van der Waals surface area contributed by atoms with Crippen LogP contribution >= 0.6 is 0 Å². The molecule has 2 rings (SSSR count). The highest BCUT2D eigenvalue weighted by Gasteiger charge is 2.48. The number of hydrogen-bond donors (Lipinski definition) is 1. The zero-order chi connectivity index (χ0) is 15.5. The Hall–Kier alpha value is -1.81. The van der Waals surface area contributed by atoms with E-state index in [9.17, 15) is 9.90 Å². The molecule has 0 aliphatic carbocycles. The molecule has 1 amide bonds. The first-order chi connectivity index (χ1) is 9.88. The Bertz CT molecular complexity index is 512. The molecule has 21 heavy (non-hydrogen) atoms. The quantitative estimate of drug-likeness (QED) is 0.867. The van der Waals surface area contributed by atoms with Gasteiger partial charge in [0, 0.05) is 12.0 Å². The Kier molecular flexibility index (Phi) is 4.37. The second-order valence-electron chi connectivity index (χ2n) is 6.17. The number of aliphatic hydroxyl groups is 1. The van der Waals surface area contributed by atoms with Crippen molar-refractivity contribution < 1.29 is 14.6 Å². The summed E-state index contributed by atoms with van der Waals surface area (Å²) < 4.78 is 5.30. The first-order valence-corrected chi connectivity index (χ1v) is 7.19. The number of β-amino-alcohol motifs (C(OH)–C–C–N with tert-alkyl or cyclic N) is 1. The molecule has 1 fully saturated rings. The minimum atomic E-state index is -0.944. The first-order valence-electron chi connectivity index (χ1n) is 7.19. The van der Waals surface area contributed by atoms with Gasteiger partial charge in [-0.3, -0.25) is 0 Å². The van der Waals surface area contributed by atoms with Gasteiger partial charge in [0.1, 0.15) is 6.61 Å². The van der Waals surface area contributed by atoms with Crippen LogP contribution in [0.2, 0.25) is 0 Å². The number of benzene rings is 1. The number of carbonyl (C=O) groups excluding carboxylic acids is 1. The van der Waals surface area contributed by atoms with E-state index in [-0.39, 0.29) is 19.2 Å². The Labute approximate surface area is 126 Å². The molecule has 1 aromatic carbocycles. The van der Waals surface area contributed by atoms with Gasteiger partial charge in [-0.05, 0) is 12.0 Å². The Morgan fingerprint density at radius 2 is 2.14 bits per heavy atom. The van der Waals surface area contributed by atoms with Gasteiger partial charge >= 0.3 is 6.09 Å². The molecular formula is C17H23NO3. The number of ether oxygens (including phenoxy) is 1. The molecule has 4 heteroatoms. The van der Waals surface area contributed by atoms with Crippen molar-refractivity contribution in [3.63, 3.8) is 0 Å². The van der Waals surface area contributed by atoms with Crippen molar-refractivity contribution in [2.45, 2.75) is 32.5 Å². The molecule has 4 nitrogen and oxygen atoms in total. The minimum Gasteiger partial charge on any atom is -0.445 e. The largest absolute Gasteiger partial charge is 0.445 e. The van der Waals surface area contributed by atoms with Crippen LogP contribution in [0, 0.1) is 5.41 Å². The summed E-state index contributed by atoms with van der Waals surface area (Å²) in [6.45, 7) is 8.66. The maximum atomic E-state index is 12.1. The summed E-state index contributed by atoms with van der Waals surface area (Å²) in [5, 5.41) is 10.7. The third-order valence-electron chi connectivity index (χ3n) is 4.42. The highest BCUT2D eigenvalue weighted by atomic mass is 16.6. The smallest absolute Gasteiger partial charge is 0.410 e. The molecule has 1 aliphatic heterocycles. The topological polar surface area (TPSA) is 49.8 Å². The lowest BCUT2D eigenvalue weighted by molar-refractivity contribution is -0.0321. The van der Waals surface area contributed by atoms with Crippen molar-refractivity contribution in [2.24, 2.45) is 5.41 Å². The van der Waals surface area contributed by atoms with Crippen molar-refractivity contribution >= 4 is 6.09 Å². The molecule has 0 spiro atoms. The van der Waals surface area contributed by atoms with Crippen molar-refractivity contribution in [3.8, 4) is 0 Å². The lowest BCUT2D eigenvalue weighted by Crippen LogP contribution is -2.46. The van der Waals surface area contributed by atoms with E-state index in [4.69, 9.17) is 4.74 Å². The molecule has 1 aliphatic rings. The van der Waals surface area contributed by atoms with E-state index in [1.54, 1.807) is 11.0 Å². The monoisotopic (exact) mass is 289 g/mol. The number of likely N-dealkylation sites (tertiary alicyclic amines) is 1. The summed E-state index contributed by atoms with van der Waals surface area (Å²) in [4.78, 5) is 13.7. The Morgan fingerprint density at radius 1 is 1.48 bits per heavy atom. The zero-order valence-electron chi connectivity index (χ0n) is 12.7. The fraction of sp³-hybridized carbons (Fsp3) is 0.471. The van der Waals surface area contributed by atoms with Gasteiger partial charge in [0.15, 0.2) is 0 Å². The molecule has 1 aromatic rings. The molecule has 1 unspecified atom stereocenters. The van der Waals surface area contributed by atoms with Crippen molar-refractivity contribution in [1.29, 1.82) is 0 Å². The van der Waals surface area contributed by atoms with E-state index in [0.717, 1.165) is 5.56 Å².